The second-order valence-electron chi connectivity index (χ2n) is 4.97. The number of ketones is 1. The van der Waals surface area contributed by atoms with Gasteiger partial charge in [-0.3, -0.25) is 4.79 Å². The second kappa shape index (κ2) is 6.27. The van der Waals surface area contributed by atoms with Crippen LogP contribution in [0.1, 0.15) is 11.1 Å². The molecule has 0 spiro atoms. The van der Waals surface area contributed by atoms with Crippen LogP contribution in [0, 0.1) is 0 Å². The molecule has 22 heavy (non-hydrogen) atoms. The molecule has 0 aromatic heterocycles. The molecule has 0 bridgehead atoms. The lowest BCUT2D eigenvalue weighted by Gasteiger charge is -2.17. The molecule has 0 amide bonds. The fourth-order valence-corrected chi connectivity index (χ4v) is 2.57. The van der Waals surface area contributed by atoms with Crippen molar-refractivity contribution in [3.8, 4) is 0 Å². The van der Waals surface area contributed by atoms with E-state index in [-0.39, 0.29) is 5.78 Å². The Morgan fingerprint density at radius 1 is 0.818 bits per heavy atom. The summed E-state index contributed by atoms with van der Waals surface area (Å²) in [6, 6.07) is 20.3. The maximum Gasteiger partial charge on any atom is 0.182 e. The lowest BCUT2D eigenvalue weighted by molar-refractivity contribution is -0.110. The molecule has 3 rings (SSSR count). The quantitative estimate of drug-likeness (QED) is 0.847. The van der Waals surface area contributed by atoms with Crippen molar-refractivity contribution in [2.75, 3.05) is 7.11 Å². The van der Waals surface area contributed by atoms with Crippen molar-refractivity contribution in [3.05, 3.63) is 101 Å². The van der Waals surface area contributed by atoms with Gasteiger partial charge in [-0.1, -0.05) is 60.7 Å². The summed E-state index contributed by atoms with van der Waals surface area (Å²) in [6.45, 7) is 0. The molecule has 0 radical (unpaired) electrons. The highest BCUT2D eigenvalue weighted by Crippen LogP contribution is 2.32. The molecular weight excluding hydrogens is 272 g/mol. The Morgan fingerprint density at radius 3 is 1.86 bits per heavy atom. The van der Waals surface area contributed by atoms with Crippen LogP contribution >= 0.6 is 0 Å². The van der Waals surface area contributed by atoms with Gasteiger partial charge in [0.1, 0.15) is 5.76 Å². The Kier molecular flexibility index (Phi) is 4.01. The van der Waals surface area contributed by atoms with E-state index in [1.807, 2.05) is 42.5 Å². The van der Waals surface area contributed by atoms with E-state index in [0.29, 0.717) is 5.76 Å². The second-order valence-corrected chi connectivity index (χ2v) is 4.97. The van der Waals surface area contributed by atoms with Crippen LogP contribution in [0.2, 0.25) is 0 Å². The maximum atomic E-state index is 11.6. The molecule has 0 atom stereocenters. The van der Waals surface area contributed by atoms with Gasteiger partial charge in [0.25, 0.3) is 0 Å². The number of rotatable bonds is 3. The van der Waals surface area contributed by atoms with Crippen LogP contribution in [0.15, 0.2) is 90.2 Å². The molecule has 0 N–H and O–H groups in total. The minimum absolute atomic E-state index is 0.0546. The van der Waals surface area contributed by atoms with Crippen molar-refractivity contribution in [2.24, 2.45) is 0 Å². The highest BCUT2D eigenvalue weighted by Gasteiger charge is 2.17. The van der Waals surface area contributed by atoms with Crippen LogP contribution in [0.5, 0.6) is 0 Å². The largest absolute Gasteiger partial charge is 0.496 e. The van der Waals surface area contributed by atoms with Crippen molar-refractivity contribution >= 4 is 11.4 Å². The topological polar surface area (TPSA) is 26.3 Å². The zero-order valence-corrected chi connectivity index (χ0v) is 12.3. The van der Waals surface area contributed by atoms with E-state index in [1.54, 1.807) is 13.2 Å². The summed E-state index contributed by atoms with van der Waals surface area (Å²) in [5.74, 6) is 0.538. The summed E-state index contributed by atoms with van der Waals surface area (Å²) in [6.07, 6.45) is 4.93. The third-order valence-electron chi connectivity index (χ3n) is 3.57. The first-order valence-electron chi connectivity index (χ1n) is 7.13. The molecule has 2 aromatic rings. The van der Waals surface area contributed by atoms with Gasteiger partial charge < -0.3 is 4.74 Å². The zero-order valence-electron chi connectivity index (χ0n) is 12.3. The van der Waals surface area contributed by atoms with Crippen LogP contribution in [-0.2, 0) is 9.53 Å². The van der Waals surface area contributed by atoms with Crippen molar-refractivity contribution < 1.29 is 9.53 Å². The van der Waals surface area contributed by atoms with Crippen molar-refractivity contribution in [3.63, 3.8) is 0 Å². The van der Waals surface area contributed by atoms with Gasteiger partial charge in [0.15, 0.2) is 5.78 Å². The Bertz CT molecular complexity index is 724. The molecule has 108 valence electrons. The number of carbonyl (C=O) groups excluding carboxylic acids is 1. The summed E-state index contributed by atoms with van der Waals surface area (Å²) in [5, 5.41) is 0. The van der Waals surface area contributed by atoms with E-state index in [4.69, 9.17) is 4.74 Å². The van der Waals surface area contributed by atoms with Gasteiger partial charge in [0.2, 0.25) is 0 Å². The summed E-state index contributed by atoms with van der Waals surface area (Å²) >= 11 is 0. The molecule has 2 aromatic carbocycles. The van der Waals surface area contributed by atoms with Crippen molar-refractivity contribution in [1.82, 2.24) is 0 Å². The van der Waals surface area contributed by atoms with Crippen LogP contribution in [0.3, 0.4) is 0 Å². The van der Waals surface area contributed by atoms with E-state index < -0.39 is 0 Å². The Balaban J connectivity index is 2.26. The van der Waals surface area contributed by atoms with Gasteiger partial charge in [-0.15, -0.1) is 0 Å². The zero-order chi connectivity index (χ0) is 15.4. The normalized spacial score (nSPS) is 13.8. The average Bonchev–Trinajstić information content (AvgIpc) is 2.58. The molecule has 0 saturated heterocycles. The van der Waals surface area contributed by atoms with Crippen molar-refractivity contribution in [1.29, 1.82) is 0 Å². The number of benzene rings is 2. The number of methoxy groups -OCH3 is 1. The highest BCUT2D eigenvalue weighted by molar-refractivity contribution is 6.03. The molecule has 2 heteroatoms. The number of ether oxygens (including phenoxy) is 1. The standard InChI is InChI=1S/C20H16O2/c1-22-19-14-17(21)12-13-18(19)20(15-8-4-2-5-9-15)16-10-6-3-7-11-16/h2-14H,1H3. The van der Waals surface area contributed by atoms with Gasteiger partial charge in [0.05, 0.1) is 7.11 Å². The number of hydrogen-bond donors (Lipinski definition) is 0. The van der Waals surface area contributed by atoms with Gasteiger partial charge in [0, 0.05) is 11.6 Å². The number of allylic oxidation sites excluding steroid dienone is 3. The molecule has 0 unspecified atom stereocenters. The predicted octanol–water partition coefficient (Wildman–Crippen LogP) is 4.16. The summed E-state index contributed by atoms with van der Waals surface area (Å²) in [5.41, 5.74) is 4.15. The molecule has 0 aliphatic heterocycles. The predicted molar refractivity (Wildman–Crippen MR) is 88.1 cm³/mol. The van der Waals surface area contributed by atoms with Crippen LogP contribution in [-0.4, -0.2) is 12.9 Å². The molecule has 0 saturated carbocycles. The van der Waals surface area contributed by atoms with E-state index in [0.717, 1.165) is 22.3 Å². The molecule has 0 fully saturated rings. The Morgan fingerprint density at radius 2 is 1.36 bits per heavy atom. The fraction of sp³-hybridized carbons (Fsp3) is 0.0500. The lowest BCUT2D eigenvalue weighted by atomic mass is 9.90. The molecule has 1 aliphatic carbocycles. The van der Waals surface area contributed by atoms with Crippen LogP contribution < -0.4 is 0 Å². The van der Waals surface area contributed by atoms with Crippen molar-refractivity contribution in [2.45, 2.75) is 0 Å². The highest BCUT2D eigenvalue weighted by atomic mass is 16.5. The first-order chi connectivity index (χ1) is 10.8. The SMILES string of the molecule is COC1=CC(=O)C=CC1=C(c1ccccc1)c1ccccc1. The van der Waals surface area contributed by atoms with E-state index in [2.05, 4.69) is 24.3 Å². The summed E-state index contributed by atoms with van der Waals surface area (Å²) in [4.78, 5) is 11.6. The minimum Gasteiger partial charge on any atom is -0.496 e. The van der Waals surface area contributed by atoms with E-state index in [1.165, 1.54) is 6.08 Å². The molecule has 0 heterocycles. The fourth-order valence-electron chi connectivity index (χ4n) is 2.57. The molecular formula is C20H16O2. The van der Waals surface area contributed by atoms with E-state index in [9.17, 15) is 4.79 Å². The minimum atomic E-state index is -0.0546. The lowest BCUT2D eigenvalue weighted by Crippen LogP contribution is -2.05. The monoisotopic (exact) mass is 288 g/mol. The third kappa shape index (κ3) is 2.77. The number of hydrogen-bond acceptors (Lipinski definition) is 2. The third-order valence-corrected chi connectivity index (χ3v) is 3.57. The van der Waals surface area contributed by atoms with Crippen LogP contribution in [0.25, 0.3) is 5.57 Å². The first kappa shape index (κ1) is 14.1. The molecule has 2 nitrogen and oxygen atoms in total. The van der Waals surface area contributed by atoms with Gasteiger partial charge in [-0.25, -0.2) is 0 Å². The Hall–Kier alpha value is -2.87. The van der Waals surface area contributed by atoms with Gasteiger partial charge in [-0.2, -0.15) is 0 Å². The average molecular weight is 288 g/mol. The smallest absolute Gasteiger partial charge is 0.182 e. The number of carbonyl (C=O) groups is 1. The Labute approximate surface area is 130 Å². The summed E-state index contributed by atoms with van der Waals surface area (Å²) < 4.78 is 5.43. The first-order valence-corrected chi connectivity index (χ1v) is 7.13. The van der Waals surface area contributed by atoms with Gasteiger partial charge in [-0.05, 0) is 28.9 Å². The van der Waals surface area contributed by atoms with E-state index >= 15 is 0 Å². The van der Waals surface area contributed by atoms with Gasteiger partial charge >= 0.3 is 0 Å². The summed E-state index contributed by atoms with van der Waals surface area (Å²) in [7, 11) is 1.59. The van der Waals surface area contributed by atoms with Crippen LogP contribution in [0.4, 0.5) is 0 Å². The maximum absolute atomic E-state index is 11.6. The molecule has 1 aliphatic rings.